The van der Waals surface area contributed by atoms with Crippen molar-refractivity contribution in [2.24, 2.45) is 0 Å². The molecule has 6 heteroatoms. The van der Waals surface area contributed by atoms with Crippen molar-refractivity contribution in [1.29, 1.82) is 0 Å². The monoisotopic (exact) mass is 280 g/mol. The third-order valence-electron chi connectivity index (χ3n) is 3.53. The van der Waals surface area contributed by atoms with Gasteiger partial charge in [0.15, 0.2) is 0 Å². The molecule has 2 rings (SSSR count). The molecule has 1 aromatic rings. The number of pyridine rings is 1. The quantitative estimate of drug-likeness (QED) is 0.623. The first-order valence-electron chi connectivity index (χ1n) is 6.61. The van der Waals surface area contributed by atoms with Crippen molar-refractivity contribution in [2.45, 2.75) is 31.7 Å². The fourth-order valence-electron chi connectivity index (χ4n) is 2.49. The molecule has 1 amide bonds. The number of amides is 1. The van der Waals surface area contributed by atoms with E-state index in [1.54, 1.807) is 0 Å². The third kappa shape index (κ3) is 3.31. The molecule has 108 valence electrons. The number of rotatable bonds is 4. The maximum Gasteiger partial charge on any atom is 0.325 e. The Hall–Kier alpha value is -1.98. The van der Waals surface area contributed by atoms with E-state index in [4.69, 9.17) is 0 Å². The maximum absolute atomic E-state index is 13.1. The molecule has 0 bridgehead atoms. The van der Waals surface area contributed by atoms with Crippen LogP contribution in [0.3, 0.4) is 0 Å². The summed E-state index contributed by atoms with van der Waals surface area (Å²) < 4.78 is 17.8. The number of hydrogen-bond acceptors (Lipinski definition) is 4. The molecular formula is C14H17FN2O3. The Morgan fingerprint density at radius 2 is 2.15 bits per heavy atom. The molecule has 0 N–H and O–H groups in total. The first kappa shape index (κ1) is 14.4. The predicted molar refractivity (Wildman–Crippen MR) is 69.5 cm³/mol. The molecule has 0 spiro atoms. The van der Waals surface area contributed by atoms with Crippen LogP contribution < -0.4 is 0 Å². The molecule has 0 unspecified atom stereocenters. The first-order valence-corrected chi connectivity index (χ1v) is 6.61. The summed E-state index contributed by atoms with van der Waals surface area (Å²) in [6.07, 6.45) is 5.01. The molecule has 1 aromatic heterocycles. The average molecular weight is 280 g/mol. The van der Waals surface area contributed by atoms with Gasteiger partial charge < -0.3 is 9.64 Å². The van der Waals surface area contributed by atoms with Crippen molar-refractivity contribution < 1.29 is 18.7 Å². The topological polar surface area (TPSA) is 59.5 Å². The second-order valence-electron chi connectivity index (χ2n) is 4.81. The predicted octanol–water partition coefficient (Wildman–Crippen LogP) is 1.78. The van der Waals surface area contributed by atoms with E-state index in [1.807, 2.05) is 0 Å². The van der Waals surface area contributed by atoms with Crippen LogP contribution in [0, 0.1) is 5.95 Å². The van der Waals surface area contributed by atoms with Gasteiger partial charge in [0.05, 0.1) is 7.11 Å². The second-order valence-corrected chi connectivity index (χ2v) is 4.81. The lowest BCUT2D eigenvalue weighted by Gasteiger charge is -2.27. The van der Waals surface area contributed by atoms with Crippen LogP contribution in [0.2, 0.25) is 0 Å². The molecule has 0 saturated heterocycles. The van der Waals surface area contributed by atoms with Crippen LogP contribution in [-0.2, 0) is 9.53 Å². The molecule has 20 heavy (non-hydrogen) atoms. The number of aromatic nitrogens is 1. The molecule has 1 aliphatic carbocycles. The second kappa shape index (κ2) is 6.45. The number of hydrogen-bond donors (Lipinski definition) is 0. The van der Waals surface area contributed by atoms with E-state index in [1.165, 1.54) is 24.3 Å². The smallest absolute Gasteiger partial charge is 0.325 e. The highest BCUT2D eigenvalue weighted by Crippen LogP contribution is 2.25. The minimum Gasteiger partial charge on any atom is -0.468 e. The van der Waals surface area contributed by atoms with Crippen LogP contribution in [0.25, 0.3) is 0 Å². The van der Waals surface area contributed by atoms with Crippen LogP contribution in [-0.4, -0.2) is 41.5 Å². The highest BCUT2D eigenvalue weighted by Gasteiger charge is 2.29. The SMILES string of the molecule is COC(=O)CN(C(=O)c1ccnc(F)c1)C1CCCC1. The fraction of sp³-hybridized carbons (Fsp3) is 0.500. The average Bonchev–Trinajstić information content (AvgIpc) is 2.97. The Morgan fingerprint density at radius 1 is 1.45 bits per heavy atom. The molecule has 5 nitrogen and oxygen atoms in total. The van der Waals surface area contributed by atoms with Gasteiger partial charge in [0.2, 0.25) is 5.95 Å². The number of esters is 1. The summed E-state index contributed by atoms with van der Waals surface area (Å²) in [7, 11) is 1.28. The molecule has 1 fully saturated rings. The van der Waals surface area contributed by atoms with Gasteiger partial charge in [-0.1, -0.05) is 12.8 Å². The minimum absolute atomic E-state index is 0.0119. The lowest BCUT2D eigenvalue weighted by atomic mass is 10.1. The van der Waals surface area contributed by atoms with Crippen molar-refractivity contribution >= 4 is 11.9 Å². The maximum atomic E-state index is 13.1. The van der Waals surface area contributed by atoms with Gasteiger partial charge in [-0.05, 0) is 18.9 Å². The number of carbonyl (C=O) groups excluding carboxylic acids is 2. The van der Waals surface area contributed by atoms with E-state index in [0.717, 1.165) is 31.7 Å². The van der Waals surface area contributed by atoms with Gasteiger partial charge in [0.1, 0.15) is 6.54 Å². The lowest BCUT2D eigenvalue weighted by Crippen LogP contribution is -2.42. The molecule has 0 atom stereocenters. The summed E-state index contributed by atoms with van der Waals surface area (Å²) in [5.74, 6) is -1.54. The van der Waals surface area contributed by atoms with Crippen LogP contribution in [0.1, 0.15) is 36.0 Å². The summed E-state index contributed by atoms with van der Waals surface area (Å²) in [4.78, 5) is 28.8. The Kier molecular flexibility index (Phi) is 4.65. The molecule has 1 heterocycles. The number of ether oxygens (including phenoxy) is 1. The van der Waals surface area contributed by atoms with Gasteiger partial charge in [-0.25, -0.2) is 4.98 Å². The Morgan fingerprint density at radius 3 is 2.75 bits per heavy atom. The lowest BCUT2D eigenvalue weighted by molar-refractivity contribution is -0.141. The largest absolute Gasteiger partial charge is 0.468 e. The molecule has 1 saturated carbocycles. The van der Waals surface area contributed by atoms with Crippen LogP contribution in [0.5, 0.6) is 0 Å². The zero-order valence-electron chi connectivity index (χ0n) is 11.3. The zero-order chi connectivity index (χ0) is 14.5. The van der Waals surface area contributed by atoms with E-state index >= 15 is 0 Å². The summed E-state index contributed by atoms with van der Waals surface area (Å²) in [6.45, 7) is -0.107. The zero-order valence-corrected chi connectivity index (χ0v) is 11.3. The fourth-order valence-corrected chi connectivity index (χ4v) is 2.49. The van der Waals surface area contributed by atoms with Crippen molar-refractivity contribution in [3.05, 3.63) is 29.8 Å². The highest BCUT2D eigenvalue weighted by molar-refractivity contribution is 5.96. The first-order chi connectivity index (χ1) is 9.61. The number of nitrogens with zero attached hydrogens (tertiary/aromatic N) is 2. The van der Waals surface area contributed by atoms with Gasteiger partial charge in [0.25, 0.3) is 5.91 Å². The Bertz CT molecular complexity index is 501. The summed E-state index contributed by atoms with van der Waals surface area (Å²) in [6, 6.07) is 2.55. The van der Waals surface area contributed by atoms with Crippen molar-refractivity contribution in [3.63, 3.8) is 0 Å². The Balaban J connectivity index is 2.20. The van der Waals surface area contributed by atoms with Gasteiger partial charge in [-0.15, -0.1) is 0 Å². The third-order valence-corrected chi connectivity index (χ3v) is 3.53. The standard InChI is InChI=1S/C14H17FN2O3/c1-20-13(18)9-17(11-4-2-3-5-11)14(19)10-6-7-16-12(15)8-10/h6-8,11H,2-5,9H2,1H3. The number of halogens is 1. The van der Waals surface area contributed by atoms with Crippen LogP contribution in [0.15, 0.2) is 18.3 Å². The molecular weight excluding hydrogens is 263 g/mol. The number of methoxy groups -OCH3 is 1. The van der Waals surface area contributed by atoms with E-state index in [-0.39, 0.29) is 24.1 Å². The summed E-state index contributed by atoms with van der Waals surface area (Å²) in [5.41, 5.74) is 0.202. The molecule has 0 aromatic carbocycles. The highest BCUT2D eigenvalue weighted by atomic mass is 19.1. The van der Waals surface area contributed by atoms with Gasteiger partial charge in [0, 0.05) is 23.9 Å². The van der Waals surface area contributed by atoms with Crippen molar-refractivity contribution in [1.82, 2.24) is 9.88 Å². The van der Waals surface area contributed by atoms with Crippen LogP contribution in [0.4, 0.5) is 4.39 Å². The molecule has 0 aliphatic heterocycles. The van der Waals surface area contributed by atoms with Crippen molar-refractivity contribution in [2.75, 3.05) is 13.7 Å². The summed E-state index contributed by atoms with van der Waals surface area (Å²) in [5, 5.41) is 0. The van der Waals surface area contributed by atoms with E-state index < -0.39 is 11.9 Å². The minimum atomic E-state index is -0.708. The van der Waals surface area contributed by atoms with E-state index in [0.29, 0.717) is 0 Å². The Labute approximate surface area is 116 Å². The molecule has 0 radical (unpaired) electrons. The van der Waals surface area contributed by atoms with Gasteiger partial charge >= 0.3 is 5.97 Å². The van der Waals surface area contributed by atoms with E-state index in [2.05, 4.69) is 9.72 Å². The van der Waals surface area contributed by atoms with Crippen LogP contribution >= 0.6 is 0 Å². The molecule has 1 aliphatic rings. The van der Waals surface area contributed by atoms with Gasteiger partial charge in [-0.3, -0.25) is 9.59 Å². The van der Waals surface area contributed by atoms with E-state index in [9.17, 15) is 14.0 Å². The van der Waals surface area contributed by atoms with Gasteiger partial charge in [-0.2, -0.15) is 4.39 Å². The van der Waals surface area contributed by atoms with Crippen molar-refractivity contribution in [3.8, 4) is 0 Å². The number of carbonyl (C=O) groups is 2. The normalized spacial score (nSPS) is 15.1. The summed E-state index contributed by atoms with van der Waals surface area (Å²) >= 11 is 0.